The standard InChI is InChI=1S/C23H37N5O2/c1-18(2)21(27-11-13-30-14-12-27)16-26-23(24-3)25-15-19-6-8-20(9-7-19)17-28-10-4-5-22(28)29/h6-9,18,21H,4-5,10-17H2,1-3H3,(H2,24,25,26). The van der Waals surface area contributed by atoms with Crippen molar-refractivity contribution in [3.8, 4) is 0 Å². The zero-order valence-corrected chi connectivity index (χ0v) is 18.7. The van der Waals surface area contributed by atoms with Crippen LogP contribution in [0, 0.1) is 5.92 Å². The summed E-state index contributed by atoms with van der Waals surface area (Å²) in [7, 11) is 1.81. The summed E-state index contributed by atoms with van der Waals surface area (Å²) >= 11 is 0. The Labute approximate surface area is 180 Å². The minimum Gasteiger partial charge on any atom is -0.379 e. The Kier molecular flexibility index (Phi) is 8.51. The first-order chi connectivity index (χ1) is 14.6. The van der Waals surface area contributed by atoms with Gasteiger partial charge in [-0.15, -0.1) is 0 Å². The third-order valence-corrected chi connectivity index (χ3v) is 6.01. The third-order valence-electron chi connectivity index (χ3n) is 6.01. The fourth-order valence-electron chi connectivity index (χ4n) is 4.16. The molecule has 0 bridgehead atoms. The molecule has 1 amide bonds. The minimum atomic E-state index is 0.271. The quantitative estimate of drug-likeness (QED) is 0.501. The zero-order valence-electron chi connectivity index (χ0n) is 18.7. The predicted octanol–water partition coefficient (Wildman–Crippen LogP) is 1.83. The van der Waals surface area contributed by atoms with E-state index in [0.29, 0.717) is 31.5 Å². The van der Waals surface area contributed by atoms with Gasteiger partial charge in [-0.3, -0.25) is 14.7 Å². The number of likely N-dealkylation sites (tertiary alicyclic amines) is 1. The molecule has 1 atom stereocenters. The molecule has 30 heavy (non-hydrogen) atoms. The Hall–Kier alpha value is -2.12. The van der Waals surface area contributed by atoms with Gasteiger partial charge in [-0.25, -0.2) is 0 Å². The van der Waals surface area contributed by atoms with Crippen LogP contribution in [0.1, 0.15) is 37.8 Å². The molecule has 0 aliphatic carbocycles. The first kappa shape index (κ1) is 22.6. The number of nitrogens with one attached hydrogen (secondary N) is 2. The van der Waals surface area contributed by atoms with E-state index in [9.17, 15) is 4.79 Å². The number of ether oxygens (including phenoxy) is 1. The molecule has 3 rings (SSSR count). The second kappa shape index (κ2) is 11.3. The molecule has 1 aromatic rings. The van der Waals surface area contributed by atoms with Crippen LogP contribution in [0.3, 0.4) is 0 Å². The van der Waals surface area contributed by atoms with Gasteiger partial charge in [0.1, 0.15) is 0 Å². The summed E-state index contributed by atoms with van der Waals surface area (Å²) in [6, 6.07) is 8.94. The van der Waals surface area contributed by atoms with E-state index >= 15 is 0 Å². The van der Waals surface area contributed by atoms with Gasteiger partial charge < -0.3 is 20.3 Å². The molecule has 166 valence electrons. The Bertz CT molecular complexity index is 698. The van der Waals surface area contributed by atoms with Crippen molar-refractivity contribution in [2.24, 2.45) is 10.9 Å². The van der Waals surface area contributed by atoms with Crippen LogP contribution in [0.2, 0.25) is 0 Å². The number of rotatable bonds is 8. The monoisotopic (exact) mass is 415 g/mol. The van der Waals surface area contributed by atoms with Gasteiger partial charge in [0.2, 0.25) is 5.91 Å². The van der Waals surface area contributed by atoms with Crippen molar-refractivity contribution in [3.63, 3.8) is 0 Å². The number of guanidine groups is 1. The lowest BCUT2D eigenvalue weighted by atomic mass is 10.0. The normalized spacial score (nSPS) is 19.4. The molecule has 0 spiro atoms. The van der Waals surface area contributed by atoms with E-state index in [-0.39, 0.29) is 5.91 Å². The van der Waals surface area contributed by atoms with Crippen LogP contribution in [0.25, 0.3) is 0 Å². The fraction of sp³-hybridized carbons (Fsp3) is 0.652. The van der Waals surface area contributed by atoms with Crippen molar-refractivity contribution in [1.29, 1.82) is 0 Å². The summed E-state index contributed by atoms with van der Waals surface area (Å²) in [5.74, 6) is 1.65. The fourth-order valence-corrected chi connectivity index (χ4v) is 4.16. The van der Waals surface area contributed by atoms with Gasteiger partial charge in [0.25, 0.3) is 0 Å². The highest BCUT2D eigenvalue weighted by molar-refractivity contribution is 5.79. The Morgan fingerprint density at radius 2 is 1.80 bits per heavy atom. The molecular weight excluding hydrogens is 378 g/mol. The number of amides is 1. The molecule has 2 N–H and O–H groups in total. The van der Waals surface area contributed by atoms with Crippen molar-refractivity contribution in [3.05, 3.63) is 35.4 Å². The van der Waals surface area contributed by atoms with Gasteiger partial charge >= 0.3 is 0 Å². The second-order valence-corrected chi connectivity index (χ2v) is 8.50. The molecule has 2 saturated heterocycles. The molecule has 7 nitrogen and oxygen atoms in total. The molecule has 0 radical (unpaired) electrons. The van der Waals surface area contributed by atoms with Gasteiger partial charge in [-0.05, 0) is 23.5 Å². The van der Waals surface area contributed by atoms with E-state index < -0.39 is 0 Å². The summed E-state index contributed by atoms with van der Waals surface area (Å²) in [6.07, 6.45) is 1.67. The summed E-state index contributed by atoms with van der Waals surface area (Å²) in [6.45, 7) is 11.3. The summed E-state index contributed by atoms with van der Waals surface area (Å²) in [4.78, 5) is 20.6. The van der Waals surface area contributed by atoms with Crippen molar-refractivity contribution >= 4 is 11.9 Å². The van der Waals surface area contributed by atoms with Crippen molar-refractivity contribution in [1.82, 2.24) is 20.4 Å². The topological polar surface area (TPSA) is 69.2 Å². The van der Waals surface area contributed by atoms with E-state index in [1.54, 1.807) is 0 Å². The molecular formula is C23H37N5O2. The largest absolute Gasteiger partial charge is 0.379 e. The van der Waals surface area contributed by atoms with Gasteiger partial charge in [0.15, 0.2) is 5.96 Å². The van der Waals surface area contributed by atoms with Crippen LogP contribution in [0.5, 0.6) is 0 Å². The van der Waals surface area contributed by atoms with Gasteiger partial charge in [0, 0.05) is 58.8 Å². The highest BCUT2D eigenvalue weighted by Gasteiger charge is 2.24. The molecule has 7 heteroatoms. The maximum absolute atomic E-state index is 11.8. The number of carbonyl (C=O) groups excluding carboxylic acids is 1. The van der Waals surface area contributed by atoms with Crippen LogP contribution >= 0.6 is 0 Å². The second-order valence-electron chi connectivity index (χ2n) is 8.50. The van der Waals surface area contributed by atoms with E-state index in [4.69, 9.17) is 4.74 Å². The summed E-state index contributed by atoms with van der Waals surface area (Å²) < 4.78 is 5.50. The summed E-state index contributed by atoms with van der Waals surface area (Å²) in [5.41, 5.74) is 2.38. The highest BCUT2D eigenvalue weighted by Crippen LogP contribution is 2.15. The average molecular weight is 416 g/mol. The molecule has 2 fully saturated rings. The van der Waals surface area contributed by atoms with E-state index in [2.05, 4.69) is 58.6 Å². The SMILES string of the molecule is CN=C(NCc1ccc(CN2CCCC2=O)cc1)NCC(C(C)C)N1CCOCC1. The first-order valence-electron chi connectivity index (χ1n) is 11.2. The van der Waals surface area contributed by atoms with Gasteiger partial charge in [0.05, 0.1) is 13.2 Å². The average Bonchev–Trinajstić information content (AvgIpc) is 3.16. The van der Waals surface area contributed by atoms with E-state index in [1.807, 2.05) is 11.9 Å². The smallest absolute Gasteiger partial charge is 0.222 e. The van der Waals surface area contributed by atoms with E-state index in [1.165, 1.54) is 11.1 Å². The molecule has 1 unspecified atom stereocenters. The van der Waals surface area contributed by atoms with Gasteiger partial charge in [-0.2, -0.15) is 0 Å². The third kappa shape index (κ3) is 6.44. The van der Waals surface area contributed by atoms with Crippen LogP contribution in [-0.4, -0.2) is 74.1 Å². The maximum Gasteiger partial charge on any atom is 0.222 e. The van der Waals surface area contributed by atoms with Crippen LogP contribution in [0.4, 0.5) is 0 Å². The predicted molar refractivity (Wildman–Crippen MR) is 120 cm³/mol. The van der Waals surface area contributed by atoms with Crippen LogP contribution in [0.15, 0.2) is 29.3 Å². The van der Waals surface area contributed by atoms with Crippen LogP contribution in [-0.2, 0) is 22.6 Å². The number of morpholine rings is 1. The molecule has 2 aliphatic rings. The molecule has 2 aliphatic heterocycles. The van der Waals surface area contributed by atoms with Gasteiger partial charge in [-0.1, -0.05) is 38.1 Å². The Balaban J connectivity index is 1.45. The first-order valence-corrected chi connectivity index (χ1v) is 11.2. The lowest BCUT2D eigenvalue weighted by Gasteiger charge is -2.37. The lowest BCUT2D eigenvalue weighted by molar-refractivity contribution is -0.128. The number of carbonyl (C=O) groups is 1. The number of aliphatic imine (C=N–C) groups is 1. The summed E-state index contributed by atoms with van der Waals surface area (Å²) in [5, 5.41) is 6.91. The highest BCUT2D eigenvalue weighted by atomic mass is 16.5. The minimum absolute atomic E-state index is 0.271. The molecule has 0 aromatic heterocycles. The van der Waals surface area contributed by atoms with Crippen molar-refractivity contribution < 1.29 is 9.53 Å². The molecule has 2 heterocycles. The molecule has 1 aromatic carbocycles. The Morgan fingerprint density at radius 1 is 1.10 bits per heavy atom. The number of hydrogen-bond acceptors (Lipinski definition) is 4. The zero-order chi connectivity index (χ0) is 21.3. The van der Waals surface area contributed by atoms with Crippen molar-refractivity contribution in [2.75, 3.05) is 46.4 Å². The lowest BCUT2D eigenvalue weighted by Crippen LogP contribution is -2.52. The van der Waals surface area contributed by atoms with E-state index in [0.717, 1.165) is 51.8 Å². The number of benzene rings is 1. The number of hydrogen-bond donors (Lipinski definition) is 2. The van der Waals surface area contributed by atoms with Crippen LogP contribution < -0.4 is 10.6 Å². The van der Waals surface area contributed by atoms with Crippen molar-refractivity contribution in [2.45, 2.75) is 45.8 Å². The molecule has 0 saturated carbocycles. The maximum atomic E-state index is 11.8. The number of nitrogens with zero attached hydrogens (tertiary/aromatic N) is 3. The Morgan fingerprint density at radius 3 is 2.40 bits per heavy atom.